The monoisotopic (exact) mass is 316 g/mol. The van der Waals surface area contributed by atoms with Gasteiger partial charge in [-0.25, -0.2) is 0 Å². The van der Waals surface area contributed by atoms with Gasteiger partial charge < -0.3 is 10.4 Å². The molecule has 0 bridgehead atoms. The summed E-state index contributed by atoms with van der Waals surface area (Å²) in [6.07, 6.45) is 4.48. The van der Waals surface area contributed by atoms with Crippen molar-refractivity contribution in [1.29, 1.82) is 0 Å². The van der Waals surface area contributed by atoms with Crippen molar-refractivity contribution in [2.45, 2.75) is 50.7 Å². The van der Waals surface area contributed by atoms with Gasteiger partial charge in [-0.15, -0.1) is 0 Å². The fourth-order valence-electron chi connectivity index (χ4n) is 3.23. The standard InChI is InChI=1S/C18H24N2O3/c1-13(19-12-18(23)9-5-10-18)6-4-11-20-16(21)14-7-2-3-8-15(14)17(20)22/h2-3,7-8,13,19,23H,4-6,9-12H2,1H3. The molecule has 1 aromatic carbocycles. The molecule has 124 valence electrons. The van der Waals surface area contributed by atoms with Gasteiger partial charge >= 0.3 is 0 Å². The van der Waals surface area contributed by atoms with Crippen LogP contribution in [0.25, 0.3) is 0 Å². The highest BCUT2D eigenvalue weighted by Gasteiger charge is 2.35. The number of carbonyl (C=O) groups excluding carboxylic acids is 2. The minimum absolute atomic E-state index is 0.185. The van der Waals surface area contributed by atoms with E-state index >= 15 is 0 Å². The molecule has 0 spiro atoms. The Balaban J connectivity index is 1.44. The van der Waals surface area contributed by atoms with Crippen molar-refractivity contribution >= 4 is 11.8 Å². The molecule has 1 atom stereocenters. The van der Waals surface area contributed by atoms with E-state index in [1.807, 2.05) is 0 Å². The van der Waals surface area contributed by atoms with Crippen molar-refractivity contribution in [3.8, 4) is 0 Å². The molecule has 5 nitrogen and oxygen atoms in total. The first kappa shape index (κ1) is 16.1. The van der Waals surface area contributed by atoms with Crippen LogP contribution >= 0.6 is 0 Å². The second-order valence-corrected chi connectivity index (χ2v) is 6.81. The maximum absolute atomic E-state index is 12.2. The Morgan fingerprint density at radius 3 is 2.35 bits per heavy atom. The maximum Gasteiger partial charge on any atom is 0.261 e. The van der Waals surface area contributed by atoms with Crippen LogP contribution in [0.1, 0.15) is 59.7 Å². The minimum Gasteiger partial charge on any atom is -0.389 e. The van der Waals surface area contributed by atoms with E-state index in [-0.39, 0.29) is 17.9 Å². The number of carbonyl (C=O) groups is 2. The summed E-state index contributed by atoms with van der Waals surface area (Å²) in [5, 5.41) is 13.4. The van der Waals surface area contributed by atoms with E-state index < -0.39 is 5.60 Å². The Morgan fingerprint density at radius 2 is 1.83 bits per heavy atom. The molecule has 1 saturated carbocycles. The molecule has 1 heterocycles. The lowest BCUT2D eigenvalue weighted by Gasteiger charge is -2.37. The summed E-state index contributed by atoms with van der Waals surface area (Å²) >= 11 is 0. The highest BCUT2D eigenvalue weighted by atomic mass is 16.3. The van der Waals surface area contributed by atoms with Gasteiger partial charge in [-0.3, -0.25) is 14.5 Å². The fourth-order valence-corrected chi connectivity index (χ4v) is 3.23. The molecule has 1 aliphatic heterocycles. The number of aliphatic hydroxyl groups is 1. The molecule has 3 rings (SSSR count). The van der Waals surface area contributed by atoms with Crippen molar-refractivity contribution in [1.82, 2.24) is 10.2 Å². The van der Waals surface area contributed by atoms with Gasteiger partial charge in [-0.2, -0.15) is 0 Å². The van der Waals surface area contributed by atoms with Crippen LogP contribution < -0.4 is 5.32 Å². The zero-order valence-electron chi connectivity index (χ0n) is 13.5. The SMILES string of the molecule is CC(CCCN1C(=O)c2ccccc2C1=O)NCC1(O)CCC1. The van der Waals surface area contributed by atoms with Crippen LogP contribution in [0.15, 0.2) is 24.3 Å². The van der Waals surface area contributed by atoms with Crippen molar-refractivity contribution in [2.24, 2.45) is 0 Å². The van der Waals surface area contributed by atoms with Crippen LogP contribution in [0.3, 0.4) is 0 Å². The van der Waals surface area contributed by atoms with Gasteiger partial charge in [0, 0.05) is 19.1 Å². The number of hydrogen-bond donors (Lipinski definition) is 2. The average molecular weight is 316 g/mol. The van der Waals surface area contributed by atoms with E-state index in [1.54, 1.807) is 24.3 Å². The lowest BCUT2D eigenvalue weighted by atomic mass is 9.80. The predicted octanol–water partition coefficient (Wildman–Crippen LogP) is 1.96. The summed E-state index contributed by atoms with van der Waals surface area (Å²) in [7, 11) is 0. The number of benzene rings is 1. The molecule has 2 amide bonds. The fraction of sp³-hybridized carbons (Fsp3) is 0.556. The van der Waals surface area contributed by atoms with Crippen LogP contribution in [0, 0.1) is 0 Å². The third-order valence-electron chi connectivity index (χ3n) is 4.96. The Hall–Kier alpha value is -1.72. The van der Waals surface area contributed by atoms with Gasteiger partial charge in [0.25, 0.3) is 11.8 Å². The first-order chi connectivity index (χ1) is 11.0. The average Bonchev–Trinajstić information content (AvgIpc) is 2.76. The van der Waals surface area contributed by atoms with E-state index in [0.717, 1.165) is 32.1 Å². The lowest BCUT2D eigenvalue weighted by molar-refractivity contribution is -0.0330. The molecule has 0 aromatic heterocycles. The first-order valence-corrected chi connectivity index (χ1v) is 8.41. The number of nitrogens with zero attached hydrogens (tertiary/aromatic N) is 1. The number of nitrogens with one attached hydrogen (secondary N) is 1. The quantitative estimate of drug-likeness (QED) is 0.755. The van der Waals surface area contributed by atoms with Crippen molar-refractivity contribution in [2.75, 3.05) is 13.1 Å². The molecule has 5 heteroatoms. The van der Waals surface area contributed by atoms with Gasteiger partial charge in [0.15, 0.2) is 0 Å². The number of rotatable bonds is 7. The smallest absolute Gasteiger partial charge is 0.261 e. The predicted molar refractivity (Wildman–Crippen MR) is 87.3 cm³/mol. The van der Waals surface area contributed by atoms with Gasteiger partial charge in [0.1, 0.15) is 0 Å². The molecule has 0 radical (unpaired) electrons. The Bertz CT molecular complexity index is 575. The third kappa shape index (κ3) is 3.31. The van der Waals surface area contributed by atoms with Crippen LogP contribution in [-0.4, -0.2) is 46.6 Å². The second-order valence-electron chi connectivity index (χ2n) is 6.81. The molecule has 1 aromatic rings. The van der Waals surface area contributed by atoms with Crippen LogP contribution in [0.5, 0.6) is 0 Å². The summed E-state index contributed by atoms with van der Waals surface area (Å²) in [5.41, 5.74) is 0.503. The lowest BCUT2D eigenvalue weighted by Crippen LogP contribution is -2.48. The molecule has 0 saturated heterocycles. The van der Waals surface area contributed by atoms with Crippen LogP contribution in [0.2, 0.25) is 0 Å². The Labute approximate surface area is 136 Å². The van der Waals surface area contributed by atoms with Gasteiger partial charge in [0.05, 0.1) is 16.7 Å². The van der Waals surface area contributed by atoms with Crippen molar-refractivity contribution in [3.05, 3.63) is 35.4 Å². The number of fused-ring (bicyclic) bond motifs is 1. The van der Waals surface area contributed by atoms with E-state index in [2.05, 4.69) is 12.2 Å². The first-order valence-electron chi connectivity index (χ1n) is 8.41. The van der Waals surface area contributed by atoms with Gasteiger partial charge in [-0.1, -0.05) is 12.1 Å². The number of imide groups is 1. The highest BCUT2D eigenvalue weighted by molar-refractivity contribution is 6.21. The molecule has 1 fully saturated rings. The number of amides is 2. The third-order valence-corrected chi connectivity index (χ3v) is 4.96. The normalized spacial score (nSPS) is 20.3. The van der Waals surface area contributed by atoms with E-state index in [0.29, 0.717) is 24.2 Å². The summed E-state index contributed by atoms with van der Waals surface area (Å²) in [6, 6.07) is 7.24. The minimum atomic E-state index is -0.517. The molecule has 23 heavy (non-hydrogen) atoms. The molecule has 1 unspecified atom stereocenters. The summed E-state index contributed by atoms with van der Waals surface area (Å²) in [5.74, 6) is -0.370. The molecular formula is C18H24N2O3. The van der Waals surface area contributed by atoms with Gasteiger partial charge in [0.2, 0.25) is 0 Å². The van der Waals surface area contributed by atoms with E-state index in [1.165, 1.54) is 4.90 Å². The molecule has 1 aliphatic carbocycles. The number of hydrogen-bond acceptors (Lipinski definition) is 4. The summed E-state index contributed by atoms with van der Waals surface area (Å²) < 4.78 is 0. The molecular weight excluding hydrogens is 292 g/mol. The largest absolute Gasteiger partial charge is 0.389 e. The highest BCUT2D eigenvalue weighted by Crippen LogP contribution is 2.30. The van der Waals surface area contributed by atoms with E-state index in [4.69, 9.17) is 0 Å². The zero-order chi connectivity index (χ0) is 16.4. The van der Waals surface area contributed by atoms with E-state index in [9.17, 15) is 14.7 Å². The Morgan fingerprint density at radius 1 is 1.22 bits per heavy atom. The molecule has 2 N–H and O–H groups in total. The molecule has 2 aliphatic rings. The second kappa shape index (κ2) is 6.42. The van der Waals surface area contributed by atoms with Gasteiger partial charge in [-0.05, 0) is 51.2 Å². The Kier molecular flexibility index (Phi) is 4.50. The topological polar surface area (TPSA) is 69.6 Å². The van der Waals surface area contributed by atoms with Crippen molar-refractivity contribution < 1.29 is 14.7 Å². The zero-order valence-corrected chi connectivity index (χ0v) is 13.5. The maximum atomic E-state index is 12.2. The van der Waals surface area contributed by atoms with Crippen LogP contribution in [-0.2, 0) is 0 Å². The van der Waals surface area contributed by atoms with Crippen LogP contribution in [0.4, 0.5) is 0 Å². The van der Waals surface area contributed by atoms with Crippen molar-refractivity contribution in [3.63, 3.8) is 0 Å². The summed E-state index contributed by atoms with van der Waals surface area (Å²) in [4.78, 5) is 25.8. The summed E-state index contributed by atoms with van der Waals surface area (Å²) in [6.45, 7) is 3.15.